The minimum atomic E-state index is -0.417. The van der Waals surface area contributed by atoms with Gasteiger partial charge in [-0.15, -0.1) is 0 Å². The average molecular weight is 256 g/mol. The van der Waals surface area contributed by atoms with Gasteiger partial charge in [-0.3, -0.25) is 0 Å². The Morgan fingerprint density at radius 1 is 1.24 bits per heavy atom. The van der Waals surface area contributed by atoms with Gasteiger partial charge in [0.25, 0.3) is 0 Å². The minimum absolute atomic E-state index is 0.133. The number of halogens is 2. The van der Waals surface area contributed by atoms with Crippen LogP contribution in [0.2, 0.25) is 5.02 Å². The smallest absolute Gasteiger partial charge is 0.146 e. The summed E-state index contributed by atoms with van der Waals surface area (Å²) in [7, 11) is 0. The predicted octanol–water partition coefficient (Wildman–Crippen LogP) is 3.99. The third-order valence-electron chi connectivity index (χ3n) is 3.71. The van der Waals surface area contributed by atoms with Crippen molar-refractivity contribution >= 4 is 17.3 Å². The molecule has 0 aromatic heterocycles. The molecule has 0 unspecified atom stereocenters. The lowest BCUT2D eigenvalue weighted by Crippen LogP contribution is -2.47. The van der Waals surface area contributed by atoms with Gasteiger partial charge in [-0.1, -0.05) is 18.0 Å². The Hall–Kier alpha value is -0.960. The molecule has 2 aliphatic rings. The van der Waals surface area contributed by atoms with Crippen LogP contribution in [0, 0.1) is 5.82 Å². The van der Waals surface area contributed by atoms with Crippen LogP contribution in [0.3, 0.4) is 0 Å². The van der Waals surface area contributed by atoms with Gasteiger partial charge in [0.05, 0.1) is 17.3 Å². The number of anilines is 1. The van der Waals surface area contributed by atoms with Crippen LogP contribution in [-0.2, 0) is 0 Å². The number of nitrogens with one attached hydrogen (secondary N) is 1. The Morgan fingerprint density at radius 3 is 2.76 bits per heavy atom. The molecule has 1 heterocycles. The van der Waals surface area contributed by atoms with Crippen molar-refractivity contribution in [1.82, 2.24) is 0 Å². The van der Waals surface area contributed by atoms with E-state index in [9.17, 15) is 4.39 Å². The van der Waals surface area contributed by atoms with E-state index in [0.717, 1.165) is 25.1 Å². The van der Waals surface area contributed by atoms with Gasteiger partial charge in [-0.25, -0.2) is 4.39 Å². The van der Waals surface area contributed by atoms with E-state index in [0.29, 0.717) is 5.75 Å². The maximum Gasteiger partial charge on any atom is 0.146 e. The lowest BCUT2D eigenvalue weighted by atomic mass is 9.83. The van der Waals surface area contributed by atoms with Crippen molar-refractivity contribution in [3.63, 3.8) is 0 Å². The van der Waals surface area contributed by atoms with Gasteiger partial charge in [-0.05, 0) is 31.7 Å². The molecular weight excluding hydrogens is 241 g/mol. The van der Waals surface area contributed by atoms with Crippen molar-refractivity contribution in [2.75, 3.05) is 11.9 Å². The SMILES string of the molecule is Fc1cc2c(cc1Cl)NCC1(CCCCC1)O2. The zero-order chi connectivity index (χ0) is 11.9. The molecule has 3 rings (SSSR count). The summed E-state index contributed by atoms with van der Waals surface area (Å²) >= 11 is 5.75. The summed E-state index contributed by atoms with van der Waals surface area (Å²) in [5.74, 6) is 0.181. The summed E-state index contributed by atoms with van der Waals surface area (Å²) in [6.45, 7) is 0.794. The van der Waals surface area contributed by atoms with Crippen LogP contribution >= 0.6 is 11.6 Å². The fourth-order valence-corrected chi connectivity index (χ4v) is 2.92. The standard InChI is InChI=1S/C13H15ClFNO/c14-9-6-11-12(7-10(9)15)17-13(8-16-11)4-2-1-3-5-13/h6-7,16H,1-5,8H2. The number of rotatable bonds is 0. The molecule has 2 nitrogen and oxygen atoms in total. The molecular formula is C13H15ClFNO. The van der Waals surface area contributed by atoms with Crippen molar-refractivity contribution < 1.29 is 9.13 Å². The molecule has 1 aromatic rings. The molecule has 17 heavy (non-hydrogen) atoms. The molecule has 1 spiro atoms. The highest BCUT2D eigenvalue weighted by Gasteiger charge is 2.37. The molecule has 1 fully saturated rings. The number of benzene rings is 1. The van der Waals surface area contributed by atoms with Crippen LogP contribution in [-0.4, -0.2) is 12.1 Å². The number of hydrogen-bond acceptors (Lipinski definition) is 2. The Bertz CT molecular complexity index is 443. The largest absolute Gasteiger partial charge is 0.483 e. The van der Waals surface area contributed by atoms with Gasteiger partial charge >= 0.3 is 0 Å². The Balaban J connectivity index is 1.91. The zero-order valence-corrected chi connectivity index (χ0v) is 10.3. The molecule has 1 aromatic carbocycles. The first-order chi connectivity index (χ1) is 8.19. The third-order valence-corrected chi connectivity index (χ3v) is 4.00. The summed E-state index contributed by atoms with van der Waals surface area (Å²) in [6, 6.07) is 2.99. The van der Waals surface area contributed by atoms with E-state index in [-0.39, 0.29) is 10.6 Å². The third kappa shape index (κ3) is 1.97. The lowest BCUT2D eigenvalue weighted by molar-refractivity contribution is 0.0366. The van der Waals surface area contributed by atoms with E-state index in [4.69, 9.17) is 16.3 Å². The molecule has 1 aliphatic carbocycles. The maximum atomic E-state index is 13.4. The molecule has 92 valence electrons. The summed E-state index contributed by atoms with van der Waals surface area (Å²) in [4.78, 5) is 0. The molecule has 1 saturated carbocycles. The zero-order valence-electron chi connectivity index (χ0n) is 9.56. The van der Waals surface area contributed by atoms with Crippen LogP contribution in [0.25, 0.3) is 0 Å². The molecule has 4 heteroatoms. The highest BCUT2D eigenvalue weighted by molar-refractivity contribution is 6.31. The lowest BCUT2D eigenvalue weighted by Gasteiger charge is -2.41. The van der Waals surface area contributed by atoms with Gasteiger partial charge in [0, 0.05) is 6.07 Å². The second-order valence-electron chi connectivity index (χ2n) is 4.96. The minimum Gasteiger partial charge on any atom is -0.483 e. The second kappa shape index (κ2) is 4.05. The first kappa shape index (κ1) is 11.1. The maximum absolute atomic E-state index is 13.4. The molecule has 1 N–H and O–H groups in total. The van der Waals surface area contributed by atoms with Gasteiger partial charge in [0.2, 0.25) is 0 Å². The summed E-state index contributed by atoms with van der Waals surface area (Å²) < 4.78 is 19.5. The Labute approximate surface area is 105 Å². The monoisotopic (exact) mass is 255 g/mol. The van der Waals surface area contributed by atoms with Crippen LogP contribution in [0.4, 0.5) is 10.1 Å². The quantitative estimate of drug-likeness (QED) is 0.757. The van der Waals surface area contributed by atoms with E-state index in [2.05, 4.69) is 5.32 Å². The van der Waals surface area contributed by atoms with Gasteiger partial charge < -0.3 is 10.1 Å². The fraction of sp³-hybridized carbons (Fsp3) is 0.538. The highest BCUT2D eigenvalue weighted by atomic mass is 35.5. The second-order valence-corrected chi connectivity index (χ2v) is 5.37. The van der Waals surface area contributed by atoms with Gasteiger partial charge in [0.15, 0.2) is 0 Å². The Morgan fingerprint density at radius 2 is 2.00 bits per heavy atom. The molecule has 0 amide bonds. The van der Waals surface area contributed by atoms with E-state index in [1.807, 2.05) is 0 Å². The van der Waals surface area contributed by atoms with Gasteiger partial charge in [-0.2, -0.15) is 0 Å². The summed E-state index contributed by atoms with van der Waals surface area (Å²) in [5, 5.41) is 3.45. The molecule has 0 atom stereocenters. The highest BCUT2D eigenvalue weighted by Crippen LogP contribution is 2.41. The van der Waals surface area contributed by atoms with Crippen LogP contribution in [0.15, 0.2) is 12.1 Å². The Kier molecular flexibility index (Phi) is 2.66. The van der Waals surface area contributed by atoms with Crippen molar-refractivity contribution in [3.05, 3.63) is 23.0 Å². The normalized spacial score (nSPS) is 21.5. The van der Waals surface area contributed by atoms with Crippen molar-refractivity contribution in [3.8, 4) is 5.75 Å². The van der Waals surface area contributed by atoms with Crippen LogP contribution in [0.5, 0.6) is 5.75 Å². The van der Waals surface area contributed by atoms with E-state index >= 15 is 0 Å². The van der Waals surface area contributed by atoms with Crippen molar-refractivity contribution in [2.45, 2.75) is 37.7 Å². The van der Waals surface area contributed by atoms with Crippen LogP contribution in [0.1, 0.15) is 32.1 Å². The molecule has 0 saturated heterocycles. The number of ether oxygens (including phenoxy) is 1. The van der Waals surface area contributed by atoms with Crippen LogP contribution < -0.4 is 10.1 Å². The summed E-state index contributed by atoms with van der Waals surface area (Å²) in [5.41, 5.74) is 0.665. The molecule has 1 aliphatic heterocycles. The number of hydrogen-bond donors (Lipinski definition) is 1. The number of fused-ring (bicyclic) bond motifs is 1. The van der Waals surface area contributed by atoms with Crippen molar-refractivity contribution in [2.24, 2.45) is 0 Å². The average Bonchev–Trinajstić information content (AvgIpc) is 2.33. The first-order valence-electron chi connectivity index (χ1n) is 6.11. The van der Waals surface area contributed by atoms with E-state index in [1.165, 1.54) is 25.3 Å². The van der Waals surface area contributed by atoms with E-state index < -0.39 is 5.82 Å². The topological polar surface area (TPSA) is 21.3 Å². The molecule has 0 radical (unpaired) electrons. The fourth-order valence-electron chi connectivity index (χ4n) is 2.75. The molecule has 0 bridgehead atoms. The summed E-state index contributed by atoms with van der Waals surface area (Å²) in [6.07, 6.45) is 5.74. The van der Waals surface area contributed by atoms with E-state index in [1.54, 1.807) is 6.07 Å². The van der Waals surface area contributed by atoms with Crippen molar-refractivity contribution in [1.29, 1.82) is 0 Å². The predicted molar refractivity (Wildman–Crippen MR) is 66.3 cm³/mol. The first-order valence-corrected chi connectivity index (χ1v) is 6.48. The van der Waals surface area contributed by atoms with Gasteiger partial charge in [0.1, 0.15) is 17.2 Å².